The summed E-state index contributed by atoms with van der Waals surface area (Å²) in [5.74, 6) is -4.31. The average molecular weight is 1360 g/mol. The number of hydrazine groups is 2. The largest absolute Gasteiger partial charge is 0.460 e. The van der Waals surface area contributed by atoms with Crippen LogP contribution in [0.3, 0.4) is 0 Å². The molecular formula is C65H87Cl5N10O11. The lowest BCUT2D eigenvalue weighted by Crippen LogP contribution is -2.61. The van der Waals surface area contributed by atoms with Crippen molar-refractivity contribution >= 4 is 139 Å². The van der Waals surface area contributed by atoms with E-state index in [1.807, 2.05) is 64.1 Å². The Morgan fingerprint density at radius 1 is 0.857 bits per heavy atom. The fourth-order valence-corrected chi connectivity index (χ4v) is 10.8. The molecule has 21 nitrogen and oxygen atoms in total. The second kappa shape index (κ2) is 31.6. The summed E-state index contributed by atoms with van der Waals surface area (Å²) in [6.07, 6.45) is 7.68. The third-order valence-corrected chi connectivity index (χ3v) is 16.9. The van der Waals surface area contributed by atoms with Gasteiger partial charge in [0.1, 0.15) is 49.0 Å². The van der Waals surface area contributed by atoms with E-state index in [1.54, 1.807) is 86.6 Å². The van der Waals surface area contributed by atoms with Crippen molar-refractivity contribution in [2.45, 2.75) is 182 Å². The van der Waals surface area contributed by atoms with Crippen molar-refractivity contribution in [3.05, 3.63) is 92.2 Å². The van der Waals surface area contributed by atoms with Gasteiger partial charge in [-0.15, -0.1) is 0 Å². The molecule has 5 bridgehead atoms. The Labute approximate surface area is 558 Å². The van der Waals surface area contributed by atoms with E-state index < -0.39 is 111 Å². The number of carbonyl (C=O) groups excluding carboxylic acids is 8. The fraction of sp³-hybridized carbons (Fsp3) is 0.538. The van der Waals surface area contributed by atoms with E-state index in [1.165, 1.54) is 16.9 Å². The highest BCUT2D eigenvalue weighted by molar-refractivity contribution is 6.67. The number of hydrogen-bond acceptors (Lipinski definition) is 15. The summed E-state index contributed by atoms with van der Waals surface area (Å²) < 4.78 is 9.06. The quantitative estimate of drug-likeness (QED) is 0.0513. The molecule has 2 aromatic carbocycles. The number of aromatic nitrogens is 2. The standard InChI is InChI=1S/C33H43Cl4N5O6.C31H40ClN5O5.CH4/c1-17(2)26(28(44)38-19(4)29(45)42-14-8-9-24(41-42)30(46)48-16-33(35,36)37)40-31(47)32(6,7)13-12-21-10-11-22-23(34)15-25(20(5)43)39-27(22)18(21)3;1-16(2)25-27(38)33-18(4)28(39)37-14-8-9-23(36-37)29(40)42-19(5)24-15-22(32)21-11-10-20(17(3)26(21)34-24)12-13-31(6,7)30(41)35-25;/h10-13,15,17,19-20,24,26,41,43H,8-9,14,16H2,1-7H3,(H,38,44)(H,40,47);10-13,15-16,18-19,23,25,36H,8-9,14H2,1-7H3,(H,33,38)(H,35,41);1H4/b2*13-12+;/t19-,20+,24-,26-;18-,19+,23-,25-;/m00./s1. The van der Waals surface area contributed by atoms with Crippen LogP contribution in [0.15, 0.2) is 48.6 Å². The molecule has 2 fully saturated rings. The molecular weight excluding hydrogens is 1270 g/mol. The summed E-state index contributed by atoms with van der Waals surface area (Å²) >= 11 is 30.1. The zero-order valence-corrected chi connectivity index (χ0v) is 57.0. The first-order valence-electron chi connectivity index (χ1n) is 30.0. The van der Waals surface area contributed by atoms with Gasteiger partial charge in [-0.3, -0.25) is 48.4 Å². The molecule has 7 N–H and O–H groups in total. The smallest absolute Gasteiger partial charge is 0.325 e. The molecule has 498 valence electrons. The molecule has 2 saturated heterocycles. The molecule has 0 aliphatic carbocycles. The Kier molecular flexibility index (Phi) is 26.3. The van der Waals surface area contributed by atoms with Gasteiger partial charge in [0.05, 0.1) is 49.4 Å². The zero-order valence-electron chi connectivity index (χ0n) is 53.2. The predicted octanol–water partition coefficient (Wildman–Crippen LogP) is 9.97. The Balaban J connectivity index is 0.000000330. The van der Waals surface area contributed by atoms with Crippen LogP contribution in [0.4, 0.5) is 0 Å². The first-order chi connectivity index (χ1) is 41.9. The number of esters is 2. The molecule has 0 saturated carbocycles. The second-order valence-electron chi connectivity index (χ2n) is 25.0. The van der Waals surface area contributed by atoms with E-state index >= 15 is 0 Å². The molecule has 2 aromatic heterocycles. The van der Waals surface area contributed by atoms with Crippen LogP contribution in [-0.2, 0) is 47.8 Å². The maximum absolute atomic E-state index is 13.5. The summed E-state index contributed by atoms with van der Waals surface area (Å²) in [4.78, 5) is 115. The number of aliphatic hydroxyl groups is 1. The van der Waals surface area contributed by atoms with Crippen LogP contribution >= 0.6 is 58.0 Å². The number of cyclic esters (lactones) is 1. The second-order valence-corrected chi connectivity index (χ2v) is 28.3. The number of ether oxygens (including phenoxy) is 2. The lowest BCUT2D eigenvalue weighted by Gasteiger charge is -2.35. The van der Waals surface area contributed by atoms with Gasteiger partial charge in [-0.25, -0.2) is 20.8 Å². The monoisotopic (exact) mass is 1360 g/mol. The molecule has 3 aliphatic heterocycles. The number of rotatable bonds is 12. The van der Waals surface area contributed by atoms with Gasteiger partial charge in [-0.05, 0) is 141 Å². The number of benzene rings is 2. The molecule has 26 heteroatoms. The number of pyridine rings is 2. The van der Waals surface area contributed by atoms with E-state index in [0.29, 0.717) is 71.2 Å². The number of alkyl halides is 3. The number of halogens is 5. The summed E-state index contributed by atoms with van der Waals surface area (Å²) in [5, 5.41) is 26.3. The minimum absolute atomic E-state index is 0. The average Bonchev–Trinajstić information content (AvgIpc) is 0.938. The first-order valence-corrected chi connectivity index (χ1v) is 31.9. The van der Waals surface area contributed by atoms with Crippen LogP contribution in [0, 0.1) is 36.5 Å². The SMILES string of the molecule is C.Cc1c(/C=C/C(C)(C)C(=O)N[C@H](C(=O)N[C@@H](C)C(=O)N2CCC[C@@H](C(=O)OCC(Cl)(Cl)Cl)N2)C(C)C)ccc2c(Cl)cc([C@@H](C)O)nc12.Cc1c2ccc3c(Cl)cc(nc13)[C@@H](C)OC(=O)[C@@H]1CCCN(N1)C(=O)[C@H](C)NC(=O)[C@H](C(C)C)NC(=O)C(C)(C)/C=C/2. The van der Waals surface area contributed by atoms with E-state index in [2.05, 4.69) is 37.1 Å². The molecule has 6 amide bonds. The van der Waals surface area contributed by atoms with Gasteiger partial charge >= 0.3 is 11.9 Å². The number of carbonyl (C=O) groups is 8. The number of aryl methyl sites for hydroxylation is 2. The summed E-state index contributed by atoms with van der Waals surface area (Å²) in [5.41, 5.74) is 9.41. The highest BCUT2D eigenvalue weighted by Crippen LogP contribution is 2.34. The van der Waals surface area contributed by atoms with Crippen molar-refractivity contribution in [3.8, 4) is 0 Å². The van der Waals surface area contributed by atoms with Crippen molar-refractivity contribution in [2.75, 3.05) is 19.7 Å². The van der Waals surface area contributed by atoms with Gasteiger partial charge in [0.25, 0.3) is 11.8 Å². The van der Waals surface area contributed by atoms with Crippen molar-refractivity contribution in [3.63, 3.8) is 0 Å². The van der Waals surface area contributed by atoms with Crippen LogP contribution in [-0.4, -0.2) is 132 Å². The van der Waals surface area contributed by atoms with Crippen LogP contribution < -0.4 is 32.1 Å². The van der Waals surface area contributed by atoms with Gasteiger partial charge in [0.2, 0.25) is 27.4 Å². The molecule has 0 radical (unpaired) electrons. The summed E-state index contributed by atoms with van der Waals surface area (Å²) in [7, 11) is 0. The predicted molar refractivity (Wildman–Crippen MR) is 356 cm³/mol. The zero-order chi connectivity index (χ0) is 67.1. The number of nitrogens with one attached hydrogen (secondary N) is 6. The minimum Gasteiger partial charge on any atom is -0.460 e. The molecule has 0 spiro atoms. The Morgan fingerprint density at radius 2 is 1.48 bits per heavy atom. The molecule has 8 atom stereocenters. The number of amides is 6. The van der Waals surface area contributed by atoms with Gasteiger partial charge in [-0.1, -0.05) is 142 Å². The first kappa shape index (κ1) is 75.5. The number of nitrogens with zero attached hydrogens (tertiary/aromatic N) is 4. The van der Waals surface area contributed by atoms with E-state index in [4.69, 9.17) is 72.5 Å². The molecule has 4 aromatic rings. The fourth-order valence-electron chi connectivity index (χ4n) is 10.1. The number of hydrogen-bond donors (Lipinski definition) is 7. The lowest BCUT2D eigenvalue weighted by atomic mass is 9.89. The topological polar surface area (TPSA) is 280 Å². The van der Waals surface area contributed by atoms with E-state index in [-0.39, 0.29) is 25.2 Å². The van der Waals surface area contributed by atoms with Gasteiger partial charge in [0.15, 0.2) is 0 Å². The van der Waals surface area contributed by atoms with Crippen molar-refractivity contribution < 1.29 is 52.9 Å². The van der Waals surface area contributed by atoms with E-state index in [9.17, 15) is 43.5 Å². The van der Waals surface area contributed by atoms with Gasteiger partial charge in [0, 0.05) is 23.9 Å². The Morgan fingerprint density at radius 3 is 2.11 bits per heavy atom. The number of aliphatic hydroxyl groups excluding tert-OH is 1. The molecule has 91 heavy (non-hydrogen) atoms. The van der Waals surface area contributed by atoms with Gasteiger partial charge < -0.3 is 35.8 Å². The number of fused-ring (bicyclic) bond motifs is 5. The Bertz CT molecular complexity index is 3440. The summed E-state index contributed by atoms with van der Waals surface area (Å²) in [6, 6.07) is 5.60. The summed E-state index contributed by atoms with van der Waals surface area (Å²) in [6.45, 7) is 24.7. The van der Waals surface area contributed by atoms with Crippen molar-refractivity contribution in [1.29, 1.82) is 0 Å². The van der Waals surface area contributed by atoms with Crippen LogP contribution in [0.25, 0.3) is 34.0 Å². The Hall–Kier alpha value is -6.17. The molecule has 3 aliphatic rings. The lowest BCUT2D eigenvalue weighted by molar-refractivity contribution is -0.157. The van der Waals surface area contributed by atoms with Crippen molar-refractivity contribution in [1.82, 2.24) is 52.1 Å². The minimum atomic E-state index is -1.76. The highest BCUT2D eigenvalue weighted by Gasteiger charge is 2.38. The third-order valence-electron chi connectivity index (χ3n) is 15.9. The normalized spacial score (nSPS) is 21.6. The molecule has 7 rings (SSSR count). The van der Waals surface area contributed by atoms with E-state index in [0.717, 1.165) is 33.0 Å². The molecule has 5 heterocycles. The highest BCUT2D eigenvalue weighted by atomic mass is 35.6. The van der Waals surface area contributed by atoms with Crippen LogP contribution in [0.2, 0.25) is 10.0 Å². The maximum atomic E-state index is 13.5. The van der Waals surface area contributed by atoms with Crippen molar-refractivity contribution in [2.24, 2.45) is 22.7 Å². The maximum Gasteiger partial charge on any atom is 0.325 e. The van der Waals surface area contributed by atoms with Crippen LogP contribution in [0.1, 0.15) is 162 Å². The van der Waals surface area contributed by atoms with Crippen LogP contribution in [0.5, 0.6) is 0 Å². The molecule has 0 unspecified atom stereocenters. The van der Waals surface area contributed by atoms with Gasteiger partial charge in [-0.2, -0.15) is 0 Å². The third kappa shape index (κ3) is 19.5.